The average Bonchev–Trinajstić information content (AvgIpc) is 2.88. The predicted octanol–water partition coefficient (Wildman–Crippen LogP) is 8.38. The molecule has 0 aliphatic heterocycles. The summed E-state index contributed by atoms with van der Waals surface area (Å²) >= 11 is 0. The van der Waals surface area contributed by atoms with Crippen LogP contribution in [-0.2, 0) is 6.54 Å². The van der Waals surface area contributed by atoms with E-state index in [0.717, 1.165) is 16.9 Å². The quantitative estimate of drug-likeness (QED) is 0.231. The fraction of sp³-hybridized carbons (Fsp3) is 0.242. The largest absolute Gasteiger partial charge is 0.478 e. The van der Waals surface area contributed by atoms with Crippen molar-refractivity contribution in [2.75, 3.05) is 10.6 Å². The topological polar surface area (TPSA) is 61.4 Å². The minimum absolute atomic E-state index is 0.304. The van der Waals surface area contributed by atoms with E-state index in [1.54, 1.807) is 18.2 Å². The first-order valence-corrected chi connectivity index (χ1v) is 12.8. The van der Waals surface area contributed by atoms with Gasteiger partial charge < -0.3 is 15.7 Å². The van der Waals surface area contributed by atoms with Gasteiger partial charge in [0.2, 0.25) is 0 Å². The first-order valence-electron chi connectivity index (χ1n) is 12.8. The fourth-order valence-electron chi connectivity index (χ4n) is 5.02. The molecule has 0 atom stereocenters. The van der Waals surface area contributed by atoms with E-state index in [4.69, 9.17) is 0 Å². The van der Waals surface area contributed by atoms with Gasteiger partial charge in [0.15, 0.2) is 0 Å². The Bertz CT molecular complexity index is 1390. The molecule has 0 spiro atoms. The van der Waals surface area contributed by atoms with Crippen LogP contribution in [0.25, 0.3) is 22.3 Å². The van der Waals surface area contributed by atoms with E-state index in [2.05, 4.69) is 101 Å². The van der Waals surface area contributed by atoms with Gasteiger partial charge in [0, 0.05) is 24.0 Å². The summed E-state index contributed by atoms with van der Waals surface area (Å²) in [5.74, 6) is -0.909. The molecule has 0 aliphatic rings. The van der Waals surface area contributed by atoms with Gasteiger partial charge in [0.25, 0.3) is 0 Å². The average molecular weight is 493 g/mol. The summed E-state index contributed by atoms with van der Waals surface area (Å²) in [5.41, 5.74) is 13.6. The third kappa shape index (κ3) is 5.69. The predicted molar refractivity (Wildman–Crippen MR) is 156 cm³/mol. The molecule has 4 heteroatoms. The first-order chi connectivity index (χ1) is 17.7. The van der Waals surface area contributed by atoms with Crippen molar-refractivity contribution < 1.29 is 9.90 Å². The monoisotopic (exact) mass is 492 g/mol. The van der Waals surface area contributed by atoms with Crippen LogP contribution >= 0.6 is 0 Å². The lowest BCUT2D eigenvalue weighted by Gasteiger charge is -2.22. The lowest BCUT2D eigenvalue weighted by atomic mass is 9.83. The Morgan fingerprint density at radius 1 is 0.730 bits per heavy atom. The first kappa shape index (κ1) is 26.0. The van der Waals surface area contributed by atoms with E-state index < -0.39 is 5.97 Å². The molecule has 0 bridgehead atoms. The molecule has 0 heterocycles. The molecule has 3 N–H and O–H groups in total. The third-order valence-corrected chi connectivity index (χ3v) is 7.10. The molecule has 0 amide bonds. The molecule has 4 aromatic carbocycles. The minimum atomic E-state index is -0.909. The number of carboxylic acid groups (broad SMARTS) is 1. The lowest BCUT2D eigenvalue weighted by molar-refractivity contribution is 0.0696. The lowest BCUT2D eigenvalue weighted by Crippen LogP contribution is -2.09. The molecule has 37 heavy (non-hydrogen) atoms. The fourth-order valence-corrected chi connectivity index (χ4v) is 5.02. The molecule has 0 unspecified atom stereocenters. The second-order valence-electron chi connectivity index (χ2n) is 10.1. The normalized spacial score (nSPS) is 11.0. The van der Waals surface area contributed by atoms with Gasteiger partial charge in [0.05, 0.1) is 5.56 Å². The summed E-state index contributed by atoms with van der Waals surface area (Å²) in [6, 6.07) is 24.7. The number of carboxylic acids is 1. The van der Waals surface area contributed by atoms with Crippen molar-refractivity contribution in [1.29, 1.82) is 0 Å². The molecule has 0 radical (unpaired) electrons. The number of rotatable bonds is 8. The molecule has 0 aliphatic carbocycles. The van der Waals surface area contributed by atoms with Crippen LogP contribution in [0.4, 0.5) is 11.4 Å². The third-order valence-electron chi connectivity index (χ3n) is 7.10. The zero-order valence-corrected chi connectivity index (χ0v) is 22.6. The zero-order valence-electron chi connectivity index (χ0n) is 22.6. The van der Waals surface area contributed by atoms with Crippen LogP contribution in [-0.4, -0.2) is 17.1 Å². The van der Waals surface area contributed by atoms with Crippen molar-refractivity contribution in [1.82, 2.24) is 0 Å². The van der Waals surface area contributed by atoms with Crippen LogP contribution < -0.4 is 10.6 Å². The summed E-state index contributed by atoms with van der Waals surface area (Å²) < 4.78 is 0. The van der Waals surface area contributed by atoms with Crippen molar-refractivity contribution in [2.24, 2.45) is 0 Å². The van der Waals surface area contributed by atoms with E-state index in [-0.39, 0.29) is 0 Å². The molecular weight excluding hydrogens is 456 g/mol. The van der Waals surface area contributed by atoms with Gasteiger partial charge in [-0.2, -0.15) is 0 Å². The molecule has 190 valence electrons. The van der Waals surface area contributed by atoms with Crippen molar-refractivity contribution in [3.05, 3.63) is 106 Å². The van der Waals surface area contributed by atoms with Gasteiger partial charge in [-0.25, -0.2) is 4.79 Å². The standard InChI is InChI=1S/C33H36N2O2/c1-20(2)35-30-16-12-27(13-17-30)32-23(5)21(3)31(22(4)24(32)6)26-10-14-29(15-11-26)34-19-25-8-7-9-28(18-25)33(36)37/h7-18,20,34-35H,19H2,1-6H3,(H,36,37). The van der Waals surface area contributed by atoms with E-state index in [1.165, 1.54) is 44.5 Å². The van der Waals surface area contributed by atoms with Gasteiger partial charge in [-0.1, -0.05) is 36.4 Å². The van der Waals surface area contributed by atoms with E-state index >= 15 is 0 Å². The highest BCUT2D eigenvalue weighted by molar-refractivity contribution is 5.87. The smallest absolute Gasteiger partial charge is 0.335 e. The molecule has 0 fully saturated rings. The Morgan fingerprint density at radius 2 is 1.22 bits per heavy atom. The number of benzene rings is 4. The number of hydrogen-bond donors (Lipinski definition) is 3. The summed E-state index contributed by atoms with van der Waals surface area (Å²) in [4.78, 5) is 11.2. The molecule has 0 saturated heterocycles. The summed E-state index contributed by atoms with van der Waals surface area (Å²) in [7, 11) is 0. The molecule has 4 aromatic rings. The van der Waals surface area contributed by atoms with Crippen molar-refractivity contribution in [3.63, 3.8) is 0 Å². The van der Waals surface area contributed by atoms with E-state index in [0.29, 0.717) is 18.2 Å². The Hall–Kier alpha value is -4.05. The SMILES string of the molecule is Cc1c(C)c(-c2ccc(NC(C)C)cc2)c(C)c(C)c1-c1ccc(NCc2cccc(C(=O)O)c2)cc1. The zero-order chi connectivity index (χ0) is 26.7. The molecule has 4 rings (SSSR count). The van der Waals surface area contributed by atoms with Gasteiger partial charge >= 0.3 is 5.97 Å². The van der Waals surface area contributed by atoms with Gasteiger partial charge in [-0.3, -0.25) is 0 Å². The molecule has 0 saturated carbocycles. The maximum atomic E-state index is 11.2. The number of aromatic carboxylic acids is 1. The second kappa shape index (κ2) is 10.9. The number of nitrogens with one attached hydrogen (secondary N) is 2. The van der Waals surface area contributed by atoms with Crippen LogP contribution in [0.3, 0.4) is 0 Å². The van der Waals surface area contributed by atoms with Gasteiger partial charge in [0.1, 0.15) is 0 Å². The highest BCUT2D eigenvalue weighted by Gasteiger charge is 2.17. The van der Waals surface area contributed by atoms with Crippen LogP contribution in [0.2, 0.25) is 0 Å². The van der Waals surface area contributed by atoms with Gasteiger partial charge in [-0.05, 0) is 128 Å². The van der Waals surface area contributed by atoms with Gasteiger partial charge in [-0.15, -0.1) is 0 Å². The Kier molecular flexibility index (Phi) is 7.68. The molecular formula is C33H36N2O2. The van der Waals surface area contributed by atoms with Crippen LogP contribution in [0.5, 0.6) is 0 Å². The Balaban J connectivity index is 1.58. The van der Waals surface area contributed by atoms with Crippen LogP contribution in [0, 0.1) is 27.7 Å². The summed E-state index contributed by atoms with van der Waals surface area (Å²) in [6.07, 6.45) is 0. The Morgan fingerprint density at radius 3 is 1.68 bits per heavy atom. The van der Waals surface area contributed by atoms with E-state index in [9.17, 15) is 9.90 Å². The van der Waals surface area contributed by atoms with E-state index in [1.807, 2.05) is 6.07 Å². The molecule has 4 nitrogen and oxygen atoms in total. The highest BCUT2D eigenvalue weighted by Crippen LogP contribution is 2.39. The maximum Gasteiger partial charge on any atom is 0.335 e. The van der Waals surface area contributed by atoms with Crippen molar-refractivity contribution in [2.45, 2.75) is 54.1 Å². The molecule has 0 aromatic heterocycles. The van der Waals surface area contributed by atoms with Crippen LogP contribution in [0.1, 0.15) is 52.0 Å². The highest BCUT2D eigenvalue weighted by atomic mass is 16.4. The maximum absolute atomic E-state index is 11.2. The summed E-state index contributed by atoms with van der Waals surface area (Å²) in [6.45, 7) is 13.8. The number of hydrogen-bond acceptors (Lipinski definition) is 3. The van der Waals surface area contributed by atoms with Crippen molar-refractivity contribution >= 4 is 17.3 Å². The Labute approximate surface area is 220 Å². The number of carbonyl (C=O) groups is 1. The number of anilines is 2. The summed E-state index contributed by atoms with van der Waals surface area (Å²) in [5, 5.41) is 16.1. The minimum Gasteiger partial charge on any atom is -0.478 e. The van der Waals surface area contributed by atoms with Crippen molar-refractivity contribution in [3.8, 4) is 22.3 Å². The van der Waals surface area contributed by atoms with Crippen LogP contribution in [0.15, 0.2) is 72.8 Å². The second-order valence-corrected chi connectivity index (χ2v) is 10.1.